The van der Waals surface area contributed by atoms with Gasteiger partial charge in [0.25, 0.3) is 0 Å². The van der Waals surface area contributed by atoms with Crippen LogP contribution in [0.3, 0.4) is 0 Å². The van der Waals surface area contributed by atoms with Crippen LogP contribution in [-0.4, -0.2) is 38.3 Å². The van der Waals surface area contributed by atoms with Crippen LogP contribution in [0.1, 0.15) is 11.6 Å². The van der Waals surface area contributed by atoms with Crippen LogP contribution in [0.5, 0.6) is 0 Å². The highest BCUT2D eigenvalue weighted by Gasteiger charge is 2.39. The molecule has 0 spiro atoms. The Balaban J connectivity index is 1.86. The van der Waals surface area contributed by atoms with Crippen LogP contribution >= 0.6 is 0 Å². The molecule has 2 aromatic rings. The number of nitrogens with one attached hydrogen (secondary N) is 1. The van der Waals surface area contributed by atoms with E-state index in [9.17, 15) is 13.2 Å². The van der Waals surface area contributed by atoms with E-state index in [1.165, 1.54) is 6.33 Å². The Morgan fingerprint density at radius 2 is 2.00 bits per heavy atom. The molecule has 1 aliphatic rings. The zero-order chi connectivity index (χ0) is 15.0. The Morgan fingerprint density at radius 1 is 1.19 bits per heavy atom. The number of anilines is 2. The van der Waals surface area contributed by atoms with Crippen molar-refractivity contribution >= 4 is 11.6 Å². The molecule has 3 heterocycles. The van der Waals surface area contributed by atoms with E-state index in [-0.39, 0.29) is 18.9 Å². The zero-order valence-corrected chi connectivity index (χ0v) is 11.1. The maximum absolute atomic E-state index is 12.8. The Labute approximate surface area is 117 Å². The van der Waals surface area contributed by atoms with E-state index in [0.717, 1.165) is 4.57 Å². The summed E-state index contributed by atoms with van der Waals surface area (Å²) in [5.74, 6) is 0.606. The third kappa shape index (κ3) is 2.48. The van der Waals surface area contributed by atoms with Crippen molar-refractivity contribution in [3.05, 3.63) is 24.0 Å². The molecule has 0 radical (unpaired) electrons. The molecule has 3 rings (SSSR count). The summed E-state index contributed by atoms with van der Waals surface area (Å²) in [5.41, 5.74) is 0. The topological polar surface area (TPSA) is 71.8 Å². The molecule has 0 fully saturated rings. The van der Waals surface area contributed by atoms with Gasteiger partial charge in [0.05, 0.1) is 6.54 Å². The largest absolute Gasteiger partial charge is 0.451 e. The van der Waals surface area contributed by atoms with Gasteiger partial charge < -0.3 is 14.8 Å². The van der Waals surface area contributed by atoms with Gasteiger partial charge in [-0.2, -0.15) is 13.2 Å². The van der Waals surface area contributed by atoms with Crippen LogP contribution in [0.15, 0.2) is 12.4 Å². The third-order valence-electron chi connectivity index (χ3n) is 3.24. The SMILES string of the molecule is CNc1cc(N2CCn3c(nnc3C(F)(F)F)C2)ncn1. The highest BCUT2D eigenvalue weighted by molar-refractivity contribution is 5.48. The van der Waals surface area contributed by atoms with E-state index in [1.807, 2.05) is 4.90 Å². The Hall–Kier alpha value is -2.39. The minimum atomic E-state index is -4.48. The predicted molar refractivity (Wildman–Crippen MR) is 67.7 cm³/mol. The van der Waals surface area contributed by atoms with Crippen LogP contribution < -0.4 is 10.2 Å². The van der Waals surface area contributed by atoms with Crippen molar-refractivity contribution in [2.24, 2.45) is 0 Å². The van der Waals surface area contributed by atoms with Crippen LogP contribution in [-0.2, 0) is 19.3 Å². The number of nitrogens with zero attached hydrogens (tertiary/aromatic N) is 6. The van der Waals surface area contributed by atoms with E-state index in [4.69, 9.17) is 0 Å². The summed E-state index contributed by atoms with van der Waals surface area (Å²) in [6, 6.07) is 1.73. The number of aromatic nitrogens is 5. The van der Waals surface area contributed by atoms with Gasteiger partial charge in [0.15, 0.2) is 5.82 Å². The molecule has 10 heteroatoms. The van der Waals surface area contributed by atoms with Gasteiger partial charge in [-0.25, -0.2) is 9.97 Å². The van der Waals surface area contributed by atoms with Crippen molar-refractivity contribution in [3.8, 4) is 0 Å². The van der Waals surface area contributed by atoms with E-state index in [1.54, 1.807) is 13.1 Å². The fourth-order valence-corrected chi connectivity index (χ4v) is 2.22. The van der Waals surface area contributed by atoms with Gasteiger partial charge in [0.2, 0.25) is 5.82 Å². The third-order valence-corrected chi connectivity index (χ3v) is 3.24. The summed E-state index contributed by atoms with van der Waals surface area (Å²) in [4.78, 5) is 9.98. The number of halogens is 3. The highest BCUT2D eigenvalue weighted by Crippen LogP contribution is 2.30. The summed E-state index contributed by atoms with van der Waals surface area (Å²) in [6.45, 7) is 0.785. The van der Waals surface area contributed by atoms with E-state index in [0.29, 0.717) is 18.2 Å². The zero-order valence-electron chi connectivity index (χ0n) is 11.1. The monoisotopic (exact) mass is 299 g/mol. The van der Waals surface area contributed by atoms with Crippen LogP contribution in [0.25, 0.3) is 0 Å². The maximum atomic E-state index is 12.8. The molecule has 0 saturated heterocycles. The average molecular weight is 299 g/mol. The molecule has 0 amide bonds. The second-order valence-electron chi connectivity index (χ2n) is 4.52. The van der Waals surface area contributed by atoms with Crippen molar-refractivity contribution < 1.29 is 13.2 Å². The molecule has 0 unspecified atom stereocenters. The van der Waals surface area contributed by atoms with E-state index in [2.05, 4.69) is 25.5 Å². The molecule has 0 bridgehead atoms. The van der Waals surface area contributed by atoms with Gasteiger partial charge in [-0.3, -0.25) is 0 Å². The summed E-state index contributed by atoms with van der Waals surface area (Å²) >= 11 is 0. The maximum Gasteiger partial charge on any atom is 0.451 e. The van der Waals surface area contributed by atoms with Crippen molar-refractivity contribution in [2.45, 2.75) is 19.3 Å². The van der Waals surface area contributed by atoms with Gasteiger partial charge >= 0.3 is 6.18 Å². The molecule has 1 N–H and O–H groups in total. The quantitative estimate of drug-likeness (QED) is 0.897. The van der Waals surface area contributed by atoms with Gasteiger partial charge in [-0.05, 0) is 0 Å². The van der Waals surface area contributed by atoms with Crippen molar-refractivity contribution in [1.82, 2.24) is 24.7 Å². The molecule has 0 saturated carbocycles. The van der Waals surface area contributed by atoms with E-state index >= 15 is 0 Å². The lowest BCUT2D eigenvalue weighted by molar-refractivity contribution is -0.147. The van der Waals surface area contributed by atoms with Crippen LogP contribution in [0.4, 0.5) is 24.8 Å². The standard InChI is InChI=1S/C11H12F3N7/c1-15-7-4-8(17-6-16-7)20-2-3-21-9(5-20)18-19-10(21)11(12,13)14/h4,6H,2-3,5H2,1H3,(H,15,16,17). The lowest BCUT2D eigenvalue weighted by Crippen LogP contribution is -2.35. The van der Waals surface area contributed by atoms with Gasteiger partial charge in [0.1, 0.15) is 18.0 Å². The molecule has 0 aromatic carbocycles. The molecular weight excluding hydrogens is 287 g/mol. The van der Waals surface area contributed by atoms with Crippen LogP contribution in [0, 0.1) is 0 Å². The number of rotatable bonds is 2. The number of alkyl halides is 3. The van der Waals surface area contributed by atoms with Crippen molar-refractivity contribution in [1.29, 1.82) is 0 Å². The molecule has 0 aliphatic carbocycles. The molecular formula is C11H12F3N7. The first kappa shape index (κ1) is 13.6. The molecule has 7 nitrogen and oxygen atoms in total. The fraction of sp³-hybridized carbons (Fsp3) is 0.455. The summed E-state index contributed by atoms with van der Waals surface area (Å²) in [6.07, 6.45) is -3.08. The minimum Gasteiger partial charge on any atom is -0.373 e. The fourth-order valence-electron chi connectivity index (χ4n) is 2.22. The molecule has 2 aromatic heterocycles. The van der Waals surface area contributed by atoms with Gasteiger partial charge in [-0.1, -0.05) is 0 Å². The average Bonchev–Trinajstić information content (AvgIpc) is 2.90. The molecule has 21 heavy (non-hydrogen) atoms. The summed E-state index contributed by atoms with van der Waals surface area (Å²) in [7, 11) is 1.73. The lowest BCUT2D eigenvalue weighted by atomic mass is 10.3. The molecule has 1 aliphatic heterocycles. The first-order valence-corrected chi connectivity index (χ1v) is 6.23. The molecule has 0 atom stereocenters. The Kier molecular flexibility index (Phi) is 3.15. The summed E-state index contributed by atoms with van der Waals surface area (Å²) in [5, 5.41) is 9.77. The van der Waals surface area contributed by atoms with Crippen molar-refractivity contribution in [2.75, 3.05) is 23.8 Å². The normalized spacial score (nSPS) is 15.0. The number of fused-ring (bicyclic) bond motifs is 1. The number of hydrogen-bond donors (Lipinski definition) is 1. The first-order chi connectivity index (χ1) is 9.99. The minimum absolute atomic E-state index is 0.163. The second kappa shape index (κ2) is 4.86. The van der Waals surface area contributed by atoms with Gasteiger partial charge in [0, 0.05) is 26.2 Å². The Morgan fingerprint density at radius 3 is 2.71 bits per heavy atom. The van der Waals surface area contributed by atoms with Crippen molar-refractivity contribution in [3.63, 3.8) is 0 Å². The summed E-state index contributed by atoms with van der Waals surface area (Å²) < 4.78 is 39.4. The van der Waals surface area contributed by atoms with E-state index < -0.39 is 12.0 Å². The Bertz CT molecular complexity index is 652. The van der Waals surface area contributed by atoms with Crippen LogP contribution in [0.2, 0.25) is 0 Å². The first-order valence-electron chi connectivity index (χ1n) is 6.23. The second-order valence-corrected chi connectivity index (χ2v) is 4.52. The predicted octanol–water partition coefficient (Wildman–Crippen LogP) is 1.15. The van der Waals surface area contributed by atoms with Gasteiger partial charge in [-0.15, -0.1) is 10.2 Å². The number of hydrogen-bond acceptors (Lipinski definition) is 6. The lowest BCUT2D eigenvalue weighted by Gasteiger charge is -2.28. The smallest absolute Gasteiger partial charge is 0.373 e. The highest BCUT2D eigenvalue weighted by atomic mass is 19.4. The molecule has 112 valence electrons.